The maximum absolute atomic E-state index is 12.4. The molecule has 0 radical (unpaired) electrons. The highest BCUT2D eigenvalue weighted by atomic mass is 16.6. The number of esters is 1. The van der Waals surface area contributed by atoms with Crippen molar-refractivity contribution in [2.45, 2.75) is 51.2 Å². The van der Waals surface area contributed by atoms with E-state index in [4.69, 9.17) is 25.2 Å². The zero-order chi connectivity index (χ0) is 21.5. The maximum atomic E-state index is 12.4. The van der Waals surface area contributed by atoms with E-state index in [1.54, 1.807) is 45.0 Å². The molecule has 1 aliphatic rings. The first-order valence-corrected chi connectivity index (χ1v) is 9.49. The Morgan fingerprint density at radius 2 is 2.00 bits per heavy atom. The molecule has 0 aliphatic carbocycles. The third kappa shape index (κ3) is 6.43. The van der Waals surface area contributed by atoms with Gasteiger partial charge in [0.05, 0.1) is 6.61 Å². The molecule has 160 valence electrons. The molecule has 0 fully saturated rings. The molecular formula is C20H29N3O6. The van der Waals surface area contributed by atoms with Crippen molar-refractivity contribution >= 4 is 17.8 Å². The van der Waals surface area contributed by atoms with Crippen molar-refractivity contribution in [1.29, 1.82) is 0 Å². The van der Waals surface area contributed by atoms with Gasteiger partial charge in [0.25, 0.3) is 5.91 Å². The minimum atomic E-state index is -1.29. The second-order valence-electron chi connectivity index (χ2n) is 7.75. The molecule has 1 atom stereocenters. The molecule has 1 aromatic carbocycles. The Balaban J connectivity index is 2.11. The van der Waals surface area contributed by atoms with Crippen LogP contribution in [-0.4, -0.2) is 53.8 Å². The van der Waals surface area contributed by atoms with Crippen molar-refractivity contribution in [3.8, 4) is 5.75 Å². The van der Waals surface area contributed by atoms with Gasteiger partial charge in [-0.1, -0.05) is 0 Å². The first-order chi connectivity index (χ1) is 13.7. The van der Waals surface area contributed by atoms with Gasteiger partial charge in [-0.15, -0.1) is 0 Å². The maximum Gasteiger partial charge on any atom is 0.306 e. The lowest BCUT2D eigenvalue weighted by molar-refractivity contribution is -0.155. The molecule has 4 N–H and O–H groups in total. The molecule has 1 heterocycles. The number of hydrogen-bond donors (Lipinski definition) is 3. The summed E-state index contributed by atoms with van der Waals surface area (Å²) in [7, 11) is 0. The standard InChI is InChI=1S/C20H29N3O6/c1-19(2,3)29-16(25)9-10-20(18(26)23-21)13-28-17(22-20)14-5-7-15(8-6-14)27-12-4-11-24/h5-8,24H,4,9-13,21H2,1-3H3,(H,23,26)/t20-/m0/s1. The van der Waals surface area contributed by atoms with Crippen molar-refractivity contribution in [3.05, 3.63) is 29.8 Å². The highest BCUT2D eigenvalue weighted by Crippen LogP contribution is 2.28. The van der Waals surface area contributed by atoms with E-state index in [0.29, 0.717) is 30.2 Å². The highest BCUT2D eigenvalue weighted by molar-refractivity contribution is 6.00. The molecule has 0 saturated heterocycles. The summed E-state index contributed by atoms with van der Waals surface area (Å²) in [6, 6.07) is 7.03. The molecule has 29 heavy (non-hydrogen) atoms. The second-order valence-corrected chi connectivity index (χ2v) is 7.75. The molecule has 0 aromatic heterocycles. The number of benzene rings is 1. The van der Waals surface area contributed by atoms with Gasteiger partial charge >= 0.3 is 5.97 Å². The van der Waals surface area contributed by atoms with Gasteiger partial charge in [0, 0.05) is 25.0 Å². The number of nitrogens with two attached hydrogens (primary N) is 1. The highest BCUT2D eigenvalue weighted by Gasteiger charge is 2.44. The molecule has 1 amide bonds. The number of aliphatic hydroxyl groups is 1. The Labute approximate surface area is 170 Å². The quantitative estimate of drug-likeness (QED) is 0.183. The zero-order valence-electron chi connectivity index (χ0n) is 17.1. The SMILES string of the molecule is CC(C)(C)OC(=O)CC[C@@]1(C(=O)NN)COC(c2ccc(OCCCO)cc2)=N1. The molecule has 2 rings (SSSR count). The van der Waals surface area contributed by atoms with Crippen LogP contribution in [0.3, 0.4) is 0 Å². The van der Waals surface area contributed by atoms with E-state index >= 15 is 0 Å². The van der Waals surface area contributed by atoms with Crippen LogP contribution in [0.25, 0.3) is 0 Å². The molecule has 1 aliphatic heterocycles. The number of aliphatic hydroxyl groups excluding tert-OH is 1. The Hall–Kier alpha value is -2.65. The number of nitrogens with one attached hydrogen (secondary N) is 1. The van der Waals surface area contributed by atoms with Crippen LogP contribution in [0.1, 0.15) is 45.6 Å². The third-order valence-electron chi connectivity index (χ3n) is 4.15. The summed E-state index contributed by atoms with van der Waals surface area (Å²) in [5.74, 6) is 5.32. The smallest absolute Gasteiger partial charge is 0.306 e. The van der Waals surface area contributed by atoms with Crippen molar-refractivity contribution in [1.82, 2.24) is 5.43 Å². The molecular weight excluding hydrogens is 378 g/mol. The van der Waals surface area contributed by atoms with Crippen molar-refractivity contribution in [2.24, 2.45) is 10.8 Å². The Kier molecular flexibility index (Phi) is 7.58. The molecule has 9 nitrogen and oxygen atoms in total. The van der Waals surface area contributed by atoms with Crippen LogP contribution < -0.4 is 16.0 Å². The summed E-state index contributed by atoms with van der Waals surface area (Å²) >= 11 is 0. The van der Waals surface area contributed by atoms with Crippen LogP contribution in [0.5, 0.6) is 5.75 Å². The first kappa shape index (κ1) is 22.6. The van der Waals surface area contributed by atoms with Crippen LogP contribution in [0, 0.1) is 0 Å². The van der Waals surface area contributed by atoms with E-state index in [-0.39, 0.29) is 26.1 Å². The molecule has 9 heteroatoms. The summed E-state index contributed by atoms with van der Waals surface area (Å²) in [5, 5.41) is 8.80. The van der Waals surface area contributed by atoms with Crippen molar-refractivity contribution in [3.63, 3.8) is 0 Å². The van der Waals surface area contributed by atoms with Gasteiger partial charge < -0.3 is 19.3 Å². The number of carbonyl (C=O) groups excluding carboxylic acids is 2. The van der Waals surface area contributed by atoms with Gasteiger partial charge in [0.1, 0.15) is 18.0 Å². The predicted octanol–water partition coefficient (Wildman–Crippen LogP) is 1.08. The number of rotatable bonds is 9. The molecule has 0 bridgehead atoms. The van der Waals surface area contributed by atoms with Crippen molar-refractivity contribution in [2.75, 3.05) is 19.8 Å². The molecule has 0 saturated carbocycles. The first-order valence-electron chi connectivity index (χ1n) is 9.49. The van der Waals surface area contributed by atoms with Gasteiger partial charge in [-0.05, 0) is 51.5 Å². The largest absolute Gasteiger partial charge is 0.494 e. The molecule has 0 unspecified atom stereocenters. The normalized spacial score (nSPS) is 18.6. The third-order valence-corrected chi connectivity index (χ3v) is 4.15. The Morgan fingerprint density at radius 3 is 2.59 bits per heavy atom. The van der Waals surface area contributed by atoms with E-state index < -0.39 is 23.0 Å². The van der Waals surface area contributed by atoms with E-state index in [1.807, 2.05) is 0 Å². The topological polar surface area (TPSA) is 132 Å². The van der Waals surface area contributed by atoms with Crippen LogP contribution >= 0.6 is 0 Å². The van der Waals surface area contributed by atoms with E-state index in [1.165, 1.54) is 0 Å². The van der Waals surface area contributed by atoms with E-state index in [2.05, 4.69) is 10.4 Å². The van der Waals surface area contributed by atoms with Gasteiger partial charge in [-0.2, -0.15) is 0 Å². The predicted molar refractivity (Wildman–Crippen MR) is 106 cm³/mol. The zero-order valence-corrected chi connectivity index (χ0v) is 17.1. The summed E-state index contributed by atoms with van der Waals surface area (Å²) in [5.41, 5.74) is 0.877. The number of hydrazine groups is 1. The van der Waals surface area contributed by atoms with Crippen LogP contribution in [0.2, 0.25) is 0 Å². The molecule has 0 spiro atoms. The number of nitrogens with zero attached hydrogens (tertiary/aromatic N) is 1. The number of aliphatic imine (C=N–C) groups is 1. The number of amides is 1. The average molecular weight is 407 g/mol. The van der Waals surface area contributed by atoms with E-state index in [0.717, 1.165) is 0 Å². The van der Waals surface area contributed by atoms with Crippen LogP contribution in [0.15, 0.2) is 29.3 Å². The minimum absolute atomic E-state index is 0.00245. The van der Waals surface area contributed by atoms with Crippen LogP contribution in [0.4, 0.5) is 0 Å². The number of ether oxygens (including phenoxy) is 3. The molecule has 1 aromatic rings. The fraction of sp³-hybridized carbons (Fsp3) is 0.550. The van der Waals surface area contributed by atoms with E-state index in [9.17, 15) is 9.59 Å². The summed E-state index contributed by atoms with van der Waals surface area (Å²) in [6.45, 7) is 5.79. The van der Waals surface area contributed by atoms with Gasteiger partial charge in [-0.3, -0.25) is 15.0 Å². The van der Waals surface area contributed by atoms with Gasteiger partial charge in [0.15, 0.2) is 5.54 Å². The van der Waals surface area contributed by atoms with Crippen LogP contribution in [-0.2, 0) is 19.1 Å². The summed E-state index contributed by atoms with van der Waals surface area (Å²) in [6.07, 6.45) is 0.658. The second kappa shape index (κ2) is 9.71. The summed E-state index contributed by atoms with van der Waals surface area (Å²) < 4.78 is 16.4. The lowest BCUT2D eigenvalue weighted by Crippen LogP contribution is -2.49. The Bertz CT molecular complexity index is 742. The average Bonchev–Trinajstić information content (AvgIpc) is 3.11. The lowest BCUT2D eigenvalue weighted by Gasteiger charge is -2.23. The lowest BCUT2D eigenvalue weighted by atomic mass is 9.94. The Morgan fingerprint density at radius 1 is 1.31 bits per heavy atom. The number of carbonyl (C=O) groups is 2. The minimum Gasteiger partial charge on any atom is -0.494 e. The monoisotopic (exact) mass is 407 g/mol. The van der Waals surface area contributed by atoms with Crippen molar-refractivity contribution < 1.29 is 28.9 Å². The summed E-state index contributed by atoms with van der Waals surface area (Å²) in [4.78, 5) is 28.9. The fourth-order valence-electron chi connectivity index (χ4n) is 2.74. The fourth-order valence-corrected chi connectivity index (χ4v) is 2.74. The van der Waals surface area contributed by atoms with Gasteiger partial charge in [-0.25, -0.2) is 10.8 Å². The number of hydrogen-bond acceptors (Lipinski definition) is 8. The van der Waals surface area contributed by atoms with Gasteiger partial charge in [0.2, 0.25) is 5.90 Å².